The Labute approximate surface area is 222 Å². The van der Waals surface area contributed by atoms with Crippen molar-refractivity contribution in [3.63, 3.8) is 0 Å². The molecule has 0 aromatic heterocycles. The summed E-state index contributed by atoms with van der Waals surface area (Å²) in [5.74, 6) is -0.355. The second-order valence-corrected chi connectivity index (χ2v) is 10.7. The Morgan fingerprint density at radius 2 is 1.59 bits per heavy atom. The minimum absolute atomic E-state index is 0.216. The summed E-state index contributed by atoms with van der Waals surface area (Å²) in [5.41, 5.74) is 2.07. The minimum atomic E-state index is -4.85. The van der Waals surface area contributed by atoms with E-state index >= 15 is 0 Å². The minimum Gasteiger partial charge on any atom is -0.406 e. The molecule has 2 aliphatic heterocycles. The van der Waals surface area contributed by atoms with Crippen LogP contribution < -0.4 is 14.5 Å². The van der Waals surface area contributed by atoms with E-state index in [0.717, 1.165) is 16.8 Å². The fourth-order valence-electron chi connectivity index (χ4n) is 5.77. The van der Waals surface area contributed by atoms with E-state index in [9.17, 15) is 31.4 Å². The van der Waals surface area contributed by atoms with E-state index < -0.39 is 30.0 Å². The summed E-state index contributed by atoms with van der Waals surface area (Å²) in [5, 5.41) is 10.2. The maximum Gasteiger partial charge on any atom is 0.573 e. The Bertz CT molecular complexity index is 1330. The largest absolute Gasteiger partial charge is 0.573 e. The van der Waals surface area contributed by atoms with Gasteiger partial charge in [-0.1, -0.05) is 42.5 Å². The summed E-state index contributed by atoms with van der Waals surface area (Å²) in [6.45, 7) is 2.60. The number of para-hydroxylation sites is 1. The van der Waals surface area contributed by atoms with Crippen molar-refractivity contribution < 1.29 is 36.2 Å². The van der Waals surface area contributed by atoms with Crippen molar-refractivity contribution in [2.45, 2.75) is 43.3 Å². The Balaban J connectivity index is 1.58. The molecular formula is C29H28F6N2O2. The summed E-state index contributed by atoms with van der Waals surface area (Å²) < 4.78 is 82.5. The number of β-amino-alcohol motifs (C(OH)–C–C–N with tert-alkyl or cyclic N) is 1. The Morgan fingerprint density at radius 1 is 0.872 bits per heavy atom. The number of anilines is 2. The van der Waals surface area contributed by atoms with E-state index in [4.69, 9.17) is 0 Å². The lowest BCUT2D eigenvalue weighted by molar-refractivity contribution is -0.274. The van der Waals surface area contributed by atoms with Crippen LogP contribution in [0.4, 0.5) is 37.7 Å². The number of rotatable bonds is 7. The normalized spacial score (nSPS) is 20.5. The second kappa shape index (κ2) is 9.66. The van der Waals surface area contributed by atoms with Gasteiger partial charge in [0, 0.05) is 43.0 Å². The highest BCUT2D eigenvalue weighted by atomic mass is 19.4. The van der Waals surface area contributed by atoms with Crippen molar-refractivity contribution in [1.29, 1.82) is 0 Å². The average molecular weight is 551 g/mol. The monoisotopic (exact) mass is 550 g/mol. The van der Waals surface area contributed by atoms with Crippen LogP contribution >= 0.6 is 0 Å². The van der Waals surface area contributed by atoms with Crippen LogP contribution in [-0.4, -0.2) is 49.4 Å². The van der Waals surface area contributed by atoms with Gasteiger partial charge in [-0.05, 0) is 60.4 Å². The summed E-state index contributed by atoms with van der Waals surface area (Å²) in [6, 6.07) is 20.6. The number of fused-ring (bicyclic) bond motifs is 1. The van der Waals surface area contributed by atoms with Crippen LogP contribution in [0.1, 0.15) is 30.0 Å². The summed E-state index contributed by atoms with van der Waals surface area (Å²) in [4.78, 5) is 3.72. The van der Waals surface area contributed by atoms with Crippen LogP contribution in [0.2, 0.25) is 0 Å². The topological polar surface area (TPSA) is 35.9 Å². The first-order valence-corrected chi connectivity index (χ1v) is 12.6. The number of hydrogen-bond acceptors (Lipinski definition) is 4. The third kappa shape index (κ3) is 5.95. The van der Waals surface area contributed by atoms with E-state index in [2.05, 4.69) is 4.74 Å². The second-order valence-electron chi connectivity index (χ2n) is 10.7. The van der Waals surface area contributed by atoms with E-state index in [0.29, 0.717) is 24.3 Å². The van der Waals surface area contributed by atoms with Crippen molar-refractivity contribution in [3.8, 4) is 5.75 Å². The first-order valence-electron chi connectivity index (χ1n) is 12.6. The number of benzene rings is 3. The molecule has 0 spiro atoms. The molecule has 1 unspecified atom stereocenters. The van der Waals surface area contributed by atoms with Crippen molar-refractivity contribution in [2.75, 3.05) is 36.0 Å². The molecule has 5 rings (SSSR count). The van der Waals surface area contributed by atoms with Gasteiger partial charge in [-0.3, -0.25) is 0 Å². The first-order chi connectivity index (χ1) is 18.2. The maximum atomic E-state index is 13.2. The molecule has 3 aromatic carbocycles. The molecule has 10 heteroatoms. The highest BCUT2D eigenvalue weighted by molar-refractivity contribution is 5.68. The molecule has 39 heavy (non-hydrogen) atoms. The lowest BCUT2D eigenvalue weighted by Gasteiger charge is -2.46. The molecule has 2 heterocycles. The van der Waals surface area contributed by atoms with Gasteiger partial charge >= 0.3 is 12.5 Å². The highest BCUT2D eigenvalue weighted by Crippen LogP contribution is 2.48. The van der Waals surface area contributed by atoms with Crippen LogP contribution in [0, 0.1) is 0 Å². The van der Waals surface area contributed by atoms with Gasteiger partial charge in [0.15, 0.2) is 0 Å². The summed E-state index contributed by atoms with van der Waals surface area (Å²) in [6.07, 6.45) is -9.94. The highest BCUT2D eigenvalue weighted by Gasteiger charge is 2.46. The van der Waals surface area contributed by atoms with Gasteiger partial charge in [0.05, 0.1) is 12.0 Å². The molecule has 3 aromatic rings. The number of aliphatic hydroxyl groups is 1. The zero-order valence-corrected chi connectivity index (χ0v) is 21.2. The quantitative estimate of drug-likeness (QED) is 0.343. The molecule has 4 nitrogen and oxygen atoms in total. The maximum absolute atomic E-state index is 13.2. The molecule has 208 valence electrons. The Hall–Kier alpha value is -3.40. The van der Waals surface area contributed by atoms with E-state index in [1.165, 1.54) is 18.2 Å². The van der Waals surface area contributed by atoms with E-state index in [1.54, 1.807) is 30.0 Å². The van der Waals surface area contributed by atoms with Crippen LogP contribution in [0.5, 0.6) is 5.75 Å². The van der Waals surface area contributed by atoms with Crippen molar-refractivity contribution in [3.05, 3.63) is 89.5 Å². The van der Waals surface area contributed by atoms with Gasteiger partial charge in [-0.2, -0.15) is 13.2 Å². The smallest absolute Gasteiger partial charge is 0.406 e. The molecule has 0 bridgehead atoms. The van der Waals surface area contributed by atoms with E-state index in [1.807, 2.05) is 41.3 Å². The summed E-state index contributed by atoms with van der Waals surface area (Å²) >= 11 is 0. The van der Waals surface area contributed by atoms with Gasteiger partial charge in [0.1, 0.15) is 5.75 Å². The Morgan fingerprint density at radius 3 is 2.28 bits per heavy atom. The van der Waals surface area contributed by atoms with Gasteiger partial charge in [0.2, 0.25) is 0 Å². The third-order valence-electron chi connectivity index (χ3n) is 7.35. The lowest BCUT2D eigenvalue weighted by atomic mass is 9.71. The molecule has 1 fully saturated rings. The Kier molecular flexibility index (Phi) is 6.73. The van der Waals surface area contributed by atoms with Gasteiger partial charge in [-0.25, -0.2) is 0 Å². The average Bonchev–Trinajstić information content (AvgIpc) is 3.14. The zero-order chi connectivity index (χ0) is 28.1. The predicted molar refractivity (Wildman–Crippen MR) is 136 cm³/mol. The molecule has 1 N–H and O–H groups in total. The fraction of sp³-hybridized carbons (Fsp3) is 0.379. The van der Waals surface area contributed by atoms with Gasteiger partial charge in [-0.15, -0.1) is 13.2 Å². The van der Waals surface area contributed by atoms with Crippen LogP contribution in [-0.2, 0) is 11.8 Å². The molecule has 0 saturated carbocycles. The standard InChI is InChI=1S/C29H28F6N2O2/c1-26(38)17-37(18-26)22-8-5-7-21(15-22)27(16-20-6-4-9-23(14-20)39-29(33,34)35)19-36(13-12-28(30,31)32)25-11-3-2-10-24(25)27/h2-11,14-15,38H,12-13,16-19H2,1H3. The first kappa shape index (κ1) is 27.2. The van der Waals surface area contributed by atoms with Crippen LogP contribution in [0.15, 0.2) is 72.8 Å². The van der Waals surface area contributed by atoms with Crippen LogP contribution in [0.25, 0.3) is 0 Å². The molecular weight excluding hydrogens is 522 g/mol. The molecule has 2 aliphatic rings. The number of ether oxygens (including phenoxy) is 1. The number of hydrogen-bond donors (Lipinski definition) is 1. The molecule has 0 aliphatic carbocycles. The van der Waals surface area contributed by atoms with Crippen LogP contribution in [0.3, 0.4) is 0 Å². The zero-order valence-electron chi connectivity index (χ0n) is 21.2. The molecule has 0 amide bonds. The number of alkyl halides is 6. The van der Waals surface area contributed by atoms with Crippen molar-refractivity contribution >= 4 is 11.4 Å². The molecule has 1 atom stereocenters. The molecule has 1 saturated heterocycles. The van der Waals surface area contributed by atoms with E-state index in [-0.39, 0.29) is 25.3 Å². The predicted octanol–water partition coefficient (Wildman–Crippen LogP) is 6.46. The molecule has 0 radical (unpaired) electrons. The van der Waals surface area contributed by atoms with Gasteiger partial charge < -0.3 is 19.6 Å². The number of halogens is 6. The van der Waals surface area contributed by atoms with Gasteiger partial charge in [0.25, 0.3) is 0 Å². The summed E-state index contributed by atoms with van der Waals surface area (Å²) in [7, 11) is 0. The van der Waals surface area contributed by atoms with Crippen molar-refractivity contribution in [1.82, 2.24) is 0 Å². The fourth-order valence-corrected chi connectivity index (χ4v) is 5.77. The lowest BCUT2D eigenvalue weighted by Crippen LogP contribution is -2.60. The SMILES string of the molecule is CC1(O)CN(c2cccc(C3(Cc4cccc(OC(F)(F)F)c4)CN(CCC(F)(F)F)c4ccccc43)c2)C1. The third-order valence-corrected chi connectivity index (χ3v) is 7.35. The number of nitrogens with zero attached hydrogens (tertiary/aromatic N) is 2. The van der Waals surface area contributed by atoms with Crippen molar-refractivity contribution in [2.24, 2.45) is 0 Å².